The second-order valence-electron chi connectivity index (χ2n) is 6.75. The van der Waals surface area contributed by atoms with Gasteiger partial charge < -0.3 is 25.1 Å². The predicted octanol–water partition coefficient (Wildman–Crippen LogP) is 4.39. The van der Waals surface area contributed by atoms with Gasteiger partial charge in [-0.2, -0.15) is 0 Å². The molecule has 3 aromatic rings. The molecule has 0 radical (unpaired) electrons. The zero-order valence-corrected chi connectivity index (χ0v) is 17.6. The lowest BCUT2D eigenvalue weighted by atomic mass is 10.1. The number of para-hydroxylation sites is 1. The molecule has 2 aromatic carbocycles. The fraction of sp³-hybridized carbons (Fsp3) is 0.348. The van der Waals surface area contributed by atoms with Crippen molar-refractivity contribution in [3.05, 3.63) is 59.8 Å². The van der Waals surface area contributed by atoms with E-state index in [0.717, 1.165) is 34.2 Å². The van der Waals surface area contributed by atoms with Crippen LogP contribution in [-0.2, 0) is 6.54 Å². The number of guanidine groups is 1. The summed E-state index contributed by atoms with van der Waals surface area (Å²) < 4.78 is 11.4. The van der Waals surface area contributed by atoms with Crippen molar-refractivity contribution < 1.29 is 9.47 Å². The molecule has 0 spiro atoms. The first kappa shape index (κ1) is 20.6. The summed E-state index contributed by atoms with van der Waals surface area (Å²) in [5, 5.41) is 8.01. The number of benzene rings is 2. The fourth-order valence-electron chi connectivity index (χ4n) is 3.23. The molecule has 0 bridgehead atoms. The Morgan fingerprint density at radius 2 is 1.79 bits per heavy atom. The Morgan fingerprint density at radius 3 is 2.52 bits per heavy atom. The van der Waals surface area contributed by atoms with Gasteiger partial charge >= 0.3 is 0 Å². The first-order valence-corrected chi connectivity index (χ1v) is 10.1. The summed E-state index contributed by atoms with van der Waals surface area (Å²) in [4.78, 5) is 7.78. The van der Waals surface area contributed by atoms with Crippen molar-refractivity contribution in [1.82, 2.24) is 15.6 Å². The van der Waals surface area contributed by atoms with Gasteiger partial charge in [-0.05, 0) is 56.0 Å². The van der Waals surface area contributed by atoms with Gasteiger partial charge in [0.15, 0.2) is 17.5 Å². The minimum atomic E-state index is 0.0544. The van der Waals surface area contributed by atoms with E-state index in [1.165, 1.54) is 5.39 Å². The molecule has 1 atom stereocenters. The Bertz CT molecular complexity index is 931. The molecule has 0 saturated carbocycles. The van der Waals surface area contributed by atoms with Crippen LogP contribution in [0.15, 0.2) is 53.5 Å². The van der Waals surface area contributed by atoms with Gasteiger partial charge in [-0.3, -0.25) is 4.99 Å². The van der Waals surface area contributed by atoms with E-state index in [0.29, 0.717) is 19.8 Å². The second kappa shape index (κ2) is 9.87. The summed E-state index contributed by atoms with van der Waals surface area (Å²) in [6, 6.07) is 16.5. The third-order valence-corrected chi connectivity index (χ3v) is 4.68. The largest absolute Gasteiger partial charge is 0.490 e. The zero-order chi connectivity index (χ0) is 20.6. The molecule has 1 unspecified atom stereocenters. The summed E-state index contributed by atoms with van der Waals surface area (Å²) in [6.07, 6.45) is 0. The van der Waals surface area contributed by atoms with E-state index in [4.69, 9.17) is 9.47 Å². The summed E-state index contributed by atoms with van der Waals surface area (Å²) in [5.74, 6) is 2.27. The van der Waals surface area contributed by atoms with Gasteiger partial charge in [-0.15, -0.1) is 0 Å². The van der Waals surface area contributed by atoms with Crippen molar-refractivity contribution in [2.24, 2.45) is 4.99 Å². The van der Waals surface area contributed by atoms with E-state index >= 15 is 0 Å². The van der Waals surface area contributed by atoms with Crippen LogP contribution in [0, 0.1) is 0 Å². The molecule has 0 aliphatic carbocycles. The Labute approximate surface area is 172 Å². The van der Waals surface area contributed by atoms with Crippen molar-refractivity contribution in [2.45, 2.75) is 33.4 Å². The van der Waals surface area contributed by atoms with E-state index in [-0.39, 0.29) is 6.04 Å². The van der Waals surface area contributed by atoms with E-state index in [2.05, 4.69) is 51.8 Å². The van der Waals surface area contributed by atoms with E-state index < -0.39 is 0 Å². The van der Waals surface area contributed by atoms with Crippen LogP contribution in [-0.4, -0.2) is 31.2 Å². The third kappa shape index (κ3) is 5.22. The molecule has 0 aliphatic heterocycles. The van der Waals surface area contributed by atoms with Crippen LogP contribution in [0.1, 0.15) is 38.1 Å². The van der Waals surface area contributed by atoms with E-state index in [1.54, 1.807) is 7.05 Å². The van der Waals surface area contributed by atoms with Gasteiger partial charge in [-0.1, -0.05) is 24.3 Å². The number of rotatable bonds is 8. The van der Waals surface area contributed by atoms with Crippen LogP contribution in [0.2, 0.25) is 0 Å². The lowest BCUT2D eigenvalue weighted by molar-refractivity contribution is 0.287. The topological polar surface area (TPSA) is 70.7 Å². The molecule has 0 amide bonds. The van der Waals surface area contributed by atoms with Gasteiger partial charge in [0.1, 0.15) is 0 Å². The molecular formula is C23H30N4O2. The highest BCUT2D eigenvalue weighted by Gasteiger charge is 2.12. The molecular weight excluding hydrogens is 364 g/mol. The average molecular weight is 395 g/mol. The molecule has 29 heavy (non-hydrogen) atoms. The van der Waals surface area contributed by atoms with Crippen molar-refractivity contribution in [3.63, 3.8) is 0 Å². The van der Waals surface area contributed by atoms with Gasteiger partial charge in [0.05, 0.1) is 25.8 Å². The summed E-state index contributed by atoms with van der Waals surface area (Å²) in [6.45, 7) is 7.91. The average Bonchev–Trinajstić information content (AvgIpc) is 3.15. The summed E-state index contributed by atoms with van der Waals surface area (Å²) in [5.41, 5.74) is 3.35. The predicted molar refractivity (Wildman–Crippen MR) is 119 cm³/mol. The number of nitrogens with zero attached hydrogens (tertiary/aromatic N) is 1. The maximum Gasteiger partial charge on any atom is 0.191 e. The van der Waals surface area contributed by atoms with Gasteiger partial charge in [0.2, 0.25) is 0 Å². The minimum Gasteiger partial charge on any atom is -0.490 e. The molecule has 0 fully saturated rings. The smallest absolute Gasteiger partial charge is 0.191 e. The van der Waals surface area contributed by atoms with E-state index in [1.807, 2.05) is 38.1 Å². The van der Waals surface area contributed by atoms with Crippen LogP contribution in [0.25, 0.3) is 10.9 Å². The van der Waals surface area contributed by atoms with Crippen molar-refractivity contribution in [1.29, 1.82) is 0 Å². The number of nitrogens with one attached hydrogen (secondary N) is 3. The SMILES string of the molecule is CCOc1ccc(C(C)NC(=NC)NCc2cc3ccccc3[nH]2)cc1OCC. The fourth-order valence-corrected chi connectivity index (χ4v) is 3.23. The second-order valence-corrected chi connectivity index (χ2v) is 6.75. The van der Waals surface area contributed by atoms with Crippen molar-refractivity contribution in [3.8, 4) is 11.5 Å². The number of fused-ring (bicyclic) bond motifs is 1. The quantitative estimate of drug-likeness (QED) is 0.391. The molecule has 3 rings (SSSR count). The number of aromatic amines is 1. The monoisotopic (exact) mass is 394 g/mol. The van der Waals surface area contributed by atoms with Gasteiger partial charge in [0.25, 0.3) is 0 Å². The number of ether oxygens (including phenoxy) is 2. The van der Waals surface area contributed by atoms with Crippen LogP contribution in [0.4, 0.5) is 0 Å². The summed E-state index contributed by atoms with van der Waals surface area (Å²) >= 11 is 0. The van der Waals surface area contributed by atoms with Crippen LogP contribution in [0.5, 0.6) is 11.5 Å². The molecule has 6 nitrogen and oxygen atoms in total. The Hall–Kier alpha value is -3.15. The molecule has 154 valence electrons. The number of hydrogen-bond acceptors (Lipinski definition) is 3. The van der Waals surface area contributed by atoms with E-state index in [9.17, 15) is 0 Å². The molecule has 1 aromatic heterocycles. The lowest BCUT2D eigenvalue weighted by Crippen LogP contribution is -2.38. The Morgan fingerprint density at radius 1 is 1.03 bits per heavy atom. The number of aliphatic imine (C=N–C) groups is 1. The number of aromatic nitrogens is 1. The standard InChI is InChI=1S/C23H30N4O2/c1-5-28-21-12-11-17(14-22(21)29-6-2)16(3)26-23(24-4)25-15-19-13-18-9-7-8-10-20(18)27-19/h7-14,16,27H,5-6,15H2,1-4H3,(H2,24,25,26). The Balaban J connectivity index is 1.64. The number of H-pyrrole nitrogens is 1. The molecule has 1 heterocycles. The highest BCUT2D eigenvalue weighted by atomic mass is 16.5. The highest BCUT2D eigenvalue weighted by Crippen LogP contribution is 2.30. The third-order valence-electron chi connectivity index (χ3n) is 4.68. The number of hydrogen-bond donors (Lipinski definition) is 3. The maximum absolute atomic E-state index is 5.74. The highest BCUT2D eigenvalue weighted by molar-refractivity contribution is 5.82. The lowest BCUT2D eigenvalue weighted by Gasteiger charge is -2.20. The Kier molecular flexibility index (Phi) is 7.00. The molecule has 3 N–H and O–H groups in total. The molecule has 0 saturated heterocycles. The van der Waals surface area contributed by atoms with Crippen LogP contribution < -0.4 is 20.1 Å². The normalized spacial score (nSPS) is 12.6. The minimum absolute atomic E-state index is 0.0544. The summed E-state index contributed by atoms with van der Waals surface area (Å²) in [7, 11) is 1.77. The maximum atomic E-state index is 5.74. The van der Waals surface area contributed by atoms with Crippen LogP contribution in [0.3, 0.4) is 0 Å². The van der Waals surface area contributed by atoms with Gasteiger partial charge in [-0.25, -0.2) is 0 Å². The molecule has 6 heteroatoms. The molecule has 0 aliphatic rings. The first-order chi connectivity index (χ1) is 14.1. The zero-order valence-electron chi connectivity index (χ0n) is 17.6. The van der Waals surface area contributed by atoms with Gasteiger partial charge in [0, 0.05) is 18.3 Å². The van der Waals surface area contributed by atoms with Crippen molar-refractivity contribution >= 4 is 16.9 Å². The van der Waals surface area contributed by atoms with Crippen molar-refractivity contribution in [2.75, 3.05) is 20.3 Å². The van der Waals surface area contributed by atoms with Crippen LogP contribution >= 0.6 is 0 Å². The first-order valence-electron chi connectivity index (χ1n) is 10.1.